The quantitative estimate of drug-likeness (QED) is 0.591. The minimum Gasteiger partial charge on any atom is -0.262 e. The maximum absolute atomic E-state index is 4.30. The molecule has 0 atom stereocenters. The van der Waals surface area contributed by atoms with Gasteiger partial charge in [0.25, 0.3) is 0 Å². The van der Waals surface area contributed by atoms with Gasteiger partial charge in [-0.05, 0) is 56.0 Å². The van der Waals surface area contributed by atoms with Crippen LogP contribution < -0.4 is 0 Å². The SMILES string of the molecule is CC=Nc1ccc2c(c1)C(C)=C(C)C2. The Morgan fingerprint density at radius 2 is 2.07 bits per heavy atom. The average molecular weight is 185 g/mol. The second kappa shape index (κ2) is 3.41. The molecule has 0 saturated carbocycles. The Kier molecular flexibility index (Phi) is 2.24. The van der Waals surface area contributed by atoms with Crippen LogP contribution in [0, 0.1) is 0 Å². The molecule has 0 radical (unpaired) electrons. The van der Waals surface area contributed by atoms with Crippen molar-refractivity contribution in [2.75, 3.05) is 0 Å². The van der Waals surface area contributed by atoms with Crippen molar-refractivity contribution in [1.82, 2.24) is 0 Å². The molecule has 0 aromatic heterocycles. The van der Waals surface area contributed by atoms with Gasteiger partial charge in [-0.2, -0.15) is 0 Å². The smallest absolute Gasteiger partial charge is 0.0631 e. The summed E-state index contributed by atoms with van der Waals surface area (Å²) in [6, 6.07) is 6.46. The number of hydrogen-bond donors (Lipinski definition) is 0. The van der Waals surface area contributed by atoms with Gasteiger partial charge in [-0.1, -0.05) is 11.6 Å². The third-order valence-electron chi connectivity index (χ3n) is 2.87. The topological polar surface area (TPSA) is 12.4 Å². The summed E-state index contributed by atoms with van der Waals surface area (Å²) in [6.07, 6.45) is 2.94. The Morgan fingerprint density at radius 1 is 1.29 bits per heavy atom. The van der Waals surface area contributed by atoms with Crippen molar-refractivity contribution in [2.24, 2.45) is 4.99 Å². The van der Waals surface area contributed by atoms with E-state index in [1.165, 1.54) is 22.3 Å². The number of benzene rings is 1. The van der Waals surface area contributed by atoms with Gasteiger partial charge in [0.15, 0.2) is 0 Å². The third kappa shape index (κ3) is 1.39. The number of allylic oxidation sites excluding steroid dienone is 2. The molecule has 0 spiro atoms. The van der Waals surface area contributed by atoms with Crippen molar-refractivity contribution < 1.29 is 0 Å². The zero-order valence-electron chi connectivity index (χ0n) is 8.96. The van der Waals surface area contributed by atoms with Gasteiger partial charge < -0.3 is 0 Å². The van der Waals surface area contributed by atoms with Gasteiger partial charge in [-0.3, -0.25) is 4.99 Å². The van der Waals surface area contributed by atoms with Crippen molar-refractivity contribution >= 4 is 17.5 Å². The lowest BCUT2D eigenvalue weighted by Crippen LogP contribution is -1.82. The van der Waals surface area contributed by atoms with E-state index in [0.29, 0.717) is 0 Å². The molecule has 0 amide bonds. The first-order chi connectivity index (χ1) is 6.72. The van der Waals surface area contributed by atoms with E-state index in [-0.39, 0.29) is 0 Å². The van der Waals surface area contributed by atoms with Gasteiger partial charge in [0, 0.05) is 6.21 Å². The summed E-state index contributed by atoms with van der Waals surface area (Å²) in [6.45, 7) is 6.35. The number of rotatable bonds is 1. The van der Waals surface area contributed by atoms with Crippen LogP contribution in [0.4, 0.5) is 5.69 Å². The first-order valence-electron chi connectivity index (χ1n) is 5.00. The van der Waals surface area contributed by atoms with E-state index < -0.39 is 0 Å². The zero-order valence-corrected chi connectivity index (χ0v) is 8.96. The molecule has 0 saturated heterocycles. The highest BCUT2D eigenvalue weighted by Crippen LogP contribution is 2.34. The monoisotopic (exact) mass is 185 g/mol. The molecule has 0 bridgehead atoms. The van der Waals surface area contributed by atoms with Crippen molar-refractivity contribution in [3.63, 3.8) is 0 Å². The van der Waals surface area contributed by atoms with Crippen molar-refractivity contribution in [2.45, 2.75) is 27.2 Å². The van der Waals surface area contributed by atoms with Crippen LogP contribution in [-0.4, -0.2) is 6.21 Å². The van der Waals surface area contributed by atoms with Gasteiger partial charge in [0.1, 0.15) is 0 Å². The highest BCUT2D eigenvalue weighted by molar-refractivity contribution is 5.77. The van der Waals surface area contributed by atoms with Crippen LogP contribution in [0.3, 0.4) is 0 Å². The van der Waals surface area contributed by atoms with Crippen LogP contribution in [0.25, 0.3) is 5.57 Å². The molecule has 1 aromatic rings. The van der Waals surface area contributed by atoms with Gasteiger partial charge >= 0.3 is 0 Å². The lowest BCUT2D eigenvalue weighted by Gasteiger charge is -2.01. The maximum Gasteiger partial charge on any atom is 0.0631 e. The Morgan fingerprint density at radius 3 is 2.79 bits per heavy atom. The minimum absolute atomic E-state index is 1.06. The molecule has 0 unspecified atom stereocenters. The van der Waals surface area contributed by atoms with Crippen LogP contribution in [-0.2, 0) is 6.42 Å². The molecule has 1 aliphatic carbocycles. The highest BCUT2D eigenvalue weighted by Gasteiger charge is 2.15. The summed E-state index contributed by atoms with van der Waals surface area (Å²) in [5, 5.41) is 0. The Hall–Kier alpha value is -1.37. The molecule has 1 aliphatic rings. The fraction of sp³-hybridized carbons (Fsp3) is 0.308. The predicted molar refractivity (Wildman–Crippen MR) is 62.2 cm³/mol. The van der Waals surface area contributed by atoms with Crippen LogP contribution in [0.15, 0.2) is 28.8 Å². The number of hydrogen-bond acceptors (Lipinski definition) is 1. The van der Waals surface area contributed by atoms with E-state index in [0.717, 1.165) is 12.1 Å². The van der Waals surface area contributed by atoms with Crippen LogP contribution in [0.1, 0.15) is 31.9 Å². The fourth-order valence-electron chi connectivity index (χ4n) is 1.95. The zero-order chi connectivity index (χ0) is 10.1. The van der Waals surface area contributed by atoms with E-state index in [4.69, 9.17) is 0 Å². The molecule has 0 aliphatic heterocycles. The van der Waals surface area contributed by atoms with E-state index in [1.807, 2.05) is 13.1 Å². The van der Waals surface area contributed by atoms with Crippen LogP contribution in [0.5, 0.6) is 0 Å². The van der Waals surface area contributed by atoms with Gasteiger partial charge in [-0.15, -0.1) is 0 Å². The summed E-state index contributed by atoms with van der Waals surface area (Å²) in [5.41, 5.74) is 6.78. The lowest BCUT2D eigenvalue weighted by molar-refractivity contribution is 1.19. The summed E-state index contributed by atoms with van der Waals surface area (Å²) >= 11 is 0. The third-order valence-corrected chi connectivity index (χ3v) is 2.87. The Labute approximate surface area is 85.2 Å². The minimum atomic E-state index is 1.06. The molecule has 0 heterocycles. The highest BCUT2D eigenvalue weighted by atomic mass is 14.7. The molecular formula is C13H15N. The molecule has 0 fully saturated rings. The molecule has 1 nitrogen and oxygen atoms in total. The Bertz CT molecular complexity index is 425. The summed E-state index contributed by atoms with van der Waals surface area (Å²) in [7, 11) is 0. The summed E-state index contributed by atoms with van der Waals surface area (Å²) in [5.74, 6) is 0. The first kappa shape index (κ1) is 9.20. The number of nitrogens with zero attached hydrogens (tertiary/aromatic N) is 1. The van der Waals surface area contributed by atoms with Crippen molar-refractivity contribution in [3.8, 4) is 0 Å². The van der Waals surface area contributed by atoms with Crippen molar-refractivity contribution in [3.05, 3.63) is 34.9 Å². The number of fused-ring (bicyclic) bond motifs is 1. The first-order valence-corrected chi connectivity index (χ1v) is 5.00. The molecule has 1 heteroatoms. The second-order valence-electron chi connectivity index (χ2n) is 3.81. The van der Waals surface area contributed by atoms with Gasteiger partial charge in [0.05, 0.1) is 5.69 Å². The largest absolute Gasteiger partial charge is 0.262 e. The average Bonchev–Trinajstić information content (AvgIpc) is 2.45. The maximum atomic E-state index is 4.30. The summed E-state index contributed by atoms with van der Waals surface area (Å²) < 4.78 is 0. The van der Waals surface area contributed by atoms with E-state index in [1.54, 1.807) is 0 Å². The van der Waals surface area contributed by atoms with Crippen molar-refractivity contribution in [1.29, 1.82) is 0 Å². The fourth-order valence-corrected chi connectivity index (χ4v) is 1.95. The molecule has 0 N–H and O–H groups in total. The normalized spacial score (nSPS) is 15.4. The van der Waals surface area contributed by atoms with Gasteiger partial charge in [0.2, 0.25) is 0 Å². The predicted octanol–water partition coefficient (Wildman–Crippen LogP) is 3.76. The van der Waals surface area contributed by atoms with E-state index in [2.05, 4.69) is 37.0 Å². The molecular weight excluding hydrogens is 170 g/mol. The number of aliphatic imine (C=N–C) groups is 1. The molecule has 1 aromatic carbocycles. The van der Waals surface area contributed by atoms with E-state index >= 15 is 0 Å². The van der Waals surface area contributed by atoms with Crippen LogP contribution >= 0.6 is 0 Å². The summed E-state index contributed by atoms with van der Waals surface area (Å²) in [4.78, 5) is 4.30. The molecule has 14 heavy (non-hydrogen) atoms. The Balaban J connectivity index is 2.50. The molecule has 2 rings (SSSR count). The molecule has 72 valence electrons. The lowest BCUT2D eigenvalue weighted by atomic mass is 10.1. The van der Waals surface area contributed by atoms with Crippen LogP contribution in [0.2, 0.25) is 0 Å². The standard InChI is InChI=1S/C13H15N/c1-4-14-12-6-5-11-7-9(2)10(3)13(11)8-12/h4-6,8H,7H2,1-3H3. The van der Waals surface area contributed by atoms with E-state index in [9.17, 15) is 0 Å². The second-order valence-corrected chi connectivity index (χ2v) is 3.81. The van der Waals surface area contributed by atoms with Gasteiger partial charge in [-0.25, -0.2) is 0 Å².